The second-order valence-electron chi connectivity index (χ2n) is 3.05. The Morgan fingerprint density at radius 1 is 1.47 bits per heavy atom. The number of amides is 1. The first-order valence-electron chi connectivity index (χ1n) is 4.24. The van der Waals surface area contributed by atoms with Gasteiger partial charge in [-0.15, -0.1) is 0 Å². The van der Waals surface area contributed by atoms with E-state index in [0.717, 1.165) is 12.1 Å². The van der Waals surface area contributed by atoms with Crippen LogP contribution in [0.4, 0.5) is 8.78 Å². The van der Waals surface area contributed by atoms with Gasteiger partial charge in [-0.2, -0.15) is 0 Å². The summed E-state index contributed by atoms with van der Waals surface area (Å²) in [6.45, 7) is 0. The van der Waals surface area contributed by atoms with Gasteiger partial charge >= 0.3 is 0 Å². The third-order valence-corrected chi connectivity index (χ3v) is 1.93. The molecule has 1 aromatic carbocycles. The first-order chi connectivity index (χ1) is 7.04. The highest BCUT2D eigenvalue weighted by atomic mass is 19.1. The fraction of sp³-hybridized carbons (Fsp3) is 0.222. The lowest BCUT2D eigenvalue weighted by Crippen LogP contribution is -2.45. The molecule has 1 atom stereocenters. The highest BCUT2D eigenvalue weighted by molar-refractivity contribution is 5.81. The number of nitrogens with one attached hydrogen (secondary N) is 1. The second kappa shape index (κ2) is 4.81. The van der Waals surface area contributed by atoms with Gasteiger partial charge in [-0.3, -0.25) is 10.2 Å². The number of nitrogens with two attached hydrogens (primary N) is 2. The molecule has 0 aliphatic rings. The van der Waals surface area contributed by atoms with Crippen LogP contribution in [0.25, 0.3) is 0 Å². The standard InChI is InChI=1S/C9H11F2N3O/c10-6-2-1-5(7(11)4-6)3-8(12)9(15)14-13/h1-2,4,8H,3,12-13H2,(H,14,15). The molecule has 1 unspecified atom stereocenters. The van der Waals surface area contributed by atoms with Crippen LogP contribution < -0.4 is 17.0 Å². The van der Waals surface area contributed by atoms with Crippen molar-refractivity contribution >= 4 is 5.91 Å². The van der Waals surface area contributed by atoms with Gasteiger partial charge in [0.25, 0.3) is 5.91 Å². The summed E-state index contributed by atoms with van der Waals surface area (Å²) in [6.07, 6.45) is -0.0326. The molecular weight excluding hydrogens is 204 g/mol. The van der Waals surface area contributed by atoms with Gasteiger partial charge in [0.15, 0.2) is 0 Å². The molecule has 1 amide bonds. The Labute approximate surface area is 85.2 Å². The van der Waals surface area contributed by atoms with E-state index in [4.69, 9.17) is 11.6 Å². The van der Waals surface area contributed by atoms with E-state index in [-0.39, 0.29) is 12.0 Å². The zero-order valence-electron chi connectivity index (χ0n) is 7.84. The molecule has 4 nitrogen and oxygen atoms in total. The maximum atomic E-state index is 13.1. The third kappa shape index (κ3) is 2.97. The van der Waals surface area contributed by atoms with Gasteiger partial charge in [0.1, 0.15) is 11.6 Å². The SMILES string of the molecule is NNC(=O)C(N)Cc1ccc(F)cc1F. The highest BCUT2D eigenvalue weighted by Gasteiger charge is 2.15. The van der Waals surface area contributed by atoms with E-state index in [1.54, 1.807) is 0 Å². The summed E-state index contributed by atoms with van der Waals surface area (Å²) in [5, 5.41) is 0. The molecule has 0 aliphatic carbocycles. The number of hydrogen-bond acceptors (Lipinski definition) is 3. The first-order valence-corrected chi connectivity index (χ1v) is 4.24. The van der Waals surface area contributed by atoms with Crippen molar-refractivity contribution in [2.45, 2.75) is 12.5 Å². The molecule has 1 aromatic rings. The lowest BCUT2D eigenvalue weighted by molar-refractivity contribution is -0.122. The van der Waals surface area contributed by atoms with Crippen molar-refractivity contribution in [1.82, 2.24) is 5.43 Å². The van der Waals surface area contributed by atoms with Crippen LogP contribution in [0.5, 0.6) is 0 Å². The van der Waals surface area contributed by atoms with Crippen LogP contribution >= 0.6 is 0 Å². The van der Waals surface area contributed by atoms with Gasteiger partial charge in [-0.1, -0.05) is 6.07 Å². The molecule has 5 N–H and O–H groups in total. The molecule has 82 valence electrons. The van der Waals surface area contributed by atoms with Crippen molar-refractivity contribution in [3.05, 3.63) is 35.4 Å². The van der Waals surface area contributed by atoms with Gasteiger partial charge in [-0.05, 0) is 18.1 Å². The molecule has 0 heterocycles. The molecule has 0 aromatic heterocycles. The van der Waals surface area contributed by atoms with Crippen LogP contribution in [0, 0.1) is 11.6 Å². The zero-order valence-corrected chi connectivity index (χ0v) is 7.84. The molecule has 1 rings (SSSR count). The number of halogens is 2. The monoisotopic (exact) mass is 215 g/mol. The average Bonchev–Trinajstić information content (AvgIpc) is 2.20. The van der Waals surface area contributed by atoms with E-state index in [9.17, 15) is 13.6 Å². The number of hydrazine groups is 1. The number of carbonyl (C=O) groups excluding carboxylic acids is 1. The molecule has 0 saturated heterocycles. The Bertz CT molecular complexity index is 370. The summed E-state index contributed by atoms with van der Waals surface area (Å²) in [5.74, 6) is 2.86. The Hall–Kier alpha value is -1.53. The van der Waals surface area contributed by atoms with Crippen molar-refractivity contribution in [3.63, 3.8) is 0 Å². The van der Waals surface area contributed by atoms with Crippen LogP contribution in [-0.4, -0.2) is 11.9 Å². The average molecular weight is 215 g/mol. The molecule has 0 spiro atoms. The summed E-state index contributed by atoms with van der Waals surface area (Å²) in [6, 6.07) is 2.14. The predicted octanol–water partition coefficient (Wildman–Crippen LogP) is -0.175. The highest BCUT2D eigenvalue weighted by Crippen LogP contribution is 2.11. The Morgan fingerprint density at radius 2 is 2.13 bits per heavy atom. The number of carbonyl (C=O) groups is 1. The molecule has 0 fully saturated rings. The van der Waals surface area contributed by atoms with E-state index in [1.807, 2.05) is 5.43 Å². The van der Waals surface area contributed by atoms with Gasteiger partial charge in [0.05, 0.1) is 6.04 Å². The van der Waals surface area contributed by atoms with Crippen LogP contribution in [0.1, 0.15) is 5.56 Å². The normalized spacial score (nSPS) is 12.3. The first kappa shape index (κ1) is 11.5. The summed E-state index contributed by atoms with van der Waals surface area (Å²) in [5.41, 5.74) is 7.44. The number of rotatable bonds is 3. The molecular formula is C9H11F2N3O. The van der Waals surface area contributed by atoms with Crippen molar-refractivity contribution in [1.29, 1.82) is 0 Å². The minimum Gasteiger partial charge on any atom is -0.320 e. The minimum absolute atomic E-state index is 0.0326. The molecule has 6 heteroatoms. The number of hydrogen-bond donors (Lipinski definition) is 3. The van der Waals surface area contributed by atoms with Crippen molar-refractivity contribution in [3.8, 4) is 0 Å². The lowest BCUT2D eigenvalue weighted by atomic mass is 10.1. The Balaban J connectivity index is 2.76. The molecule has 0 radical (unpaired) electrons. The maximum Gasteiger partial charge on any atom is 0.251 e. The summed E-state index contributed by atoms with van der Waals surface area (Å²) in [4.78, 5) is 10.9. The lowest BCUT2D eigenvalue weighted by Gasteiger charge is -2.10. The Morgan fingerprint density at radius 3 is 2.67 bits per heavy atom. The van der Waals surface area contributed by atoms with E-state index in [0.29, 0.717) is 0 Å². The fourth-order valence-corrected chi connectivity index (χ4v) is 1.12. The van der Waals surface area contributed by atoms with Gasteiger partial charge in [-0.25, -0.2) is 14.6 Å². The zero-order chi connectivity index (χ0) is 11.4. The van der Waals surface area contributed by atoms with Crippen LogP contribution in [0.15, 0.2) is 18.2 Å². The molecule has 0 bridgehead atoms. The second-order valence-corrected chi connectivity index (χ2v) is 3.05. The van der Waals surface area contributed by atoms with E-state index in [1.165, 1.54) is 6.07 Å². The topological polar surface area (TPSA) is 81.1 Å². The van der Waals surface area contributed by atoms with E-state index < -0.39 is 23.6 Å². The smallest absolute Gasteiger partial charge is 0.251 e. The van der Waals surface area contributed by atoms with Gasteiger partial charge in [0.2, 0.25) is 0 Å². The van der Waals surface area contributed by atoms with Crippen molar-refractivity contribution < 1.29 is 13.6 Å². The Kier molecular flexibility index (Phi) is 3.70. The van der Waals surface area contributed by atoms with Crippen LogP contribution in [0.3, 0.4) is 0 Å². The molecule has 15 heavy (non-hydrogen) atoms. The van der Waals surface area contributed by atoms with E-state index >= 15 is 0 Å². The maximum absolute atomic E-state index is 13.1. The third-order valence-electron chi connectivity index (χ3n) is 1.93. The quantitative estimate of drug-likeness (QED) is 0.372. The summed E-state index contributed by atoms with van der Waals surface area (Å²) >= 11 is 0. The van der Waals surface area contributed by atoms with E-state index in [2.05, 4.69) is 0 Å². The summed E-state index contributed by atoms with van der Waals surface area (Å²) in [7, 11) is 0. The van der Waals surface area contributed by atoms with Crippen molar-refractivity contribution in [2.24, 2.45) is 11.6 Å². The van der Waals surface area contributed by atoms with Crippen molar-refractivity contribution in [2.75, 3.05) is 0 Å². The van der Waals surface area contributed by atoms with Gasteiger partial charge in [0, 0.05) is 6.07 Å². The fourth-order valence-electron chi connectivity index (χ4n) is 1.12. The predicted molar refractivity (Wildman–Crippen MR) is 50.4 cm³/mol. The summed E-state index contributed by atoms with van der Waals surface area (Å²) < 4.78 is 25.7. The molecule has 0 aliphatic heterocycles. The molecule has 0 saturated carbocycles. The minimum atomic E-state index is -0.949. The largest absolute Gasteiger partial charge is 0.320 e. The van der Waals surface area contributed by atoms with Crippen LogP contribution in [-0.2, 0) is 11.2 Å². The van der Waals surface area contributed by atoms with Crippen LogP contribution in [0.2, 0.25) is 0 Å². The van der Waals surface area contributed by atoms with Gasteiger partial charge < -0.3 is 5.73 Å². The number of benzene rings is 1.